The van der Waals surface area contributed by atoms with Crippen molar-refractivity contribution in [2.24, 2.45) is 5.73 Å². The van der Waals surface area contributed by atoms with Crippen LogP contribution >= 0.6 is 7.82 Å². The molecule has 0 saturated carbocycles. The van der Waals surface area contributed by atoms with Crippen LogP contribution in [0.1, 0.15) is 12.8 Å². The van der Waals surface area contributed by atoms with Gasteiger partial charge in [-0.25, -0.2) is 4.57 Å². The molecule has 6 N–H and O–H groups in total. The van der Waals surface area contributed by atoms with Gasteiger partial charge in [0, 0.05) is 6.54 Å². The van der Waals surface area contributed by atoms with Gasteiger partial charge in [0.15, 0.2) is 5.96 Å². The summed E-state index contributed by atoms with van der Waals surface area (Å²) in [6, 6.07) is 0. The van der Waals surface area contributed by atoms with E-state index < -0.39 is 7.82 Å². The van der Waals surface area contributed by atoms with Gasteiger partial charge in [-0.2, -0.15) is 0 Å². The maximum absolute atomic E-state index is 10.2. The van der Waals surface area contributed by atoms with E-state index in [9.17, 15) is 4.57 Å². The Kier molecular flexibility index (Phi) is 5.65. The van der Waals surface area contributed by atoms with Gasteiger partial charge < -0.3 is 20.8 Å². The first kappa shape index (κ1) is 12.4. The topological polar surface area (TPSA) is 129 Å². The van der Waals surface area contributed by atoms with Crippen LogP contribution in [0.5, 0.6) is 0 Å². The first-order valence-electron chi connectivity index (χ1n) is 3.70. The van der Waals surface area contributed by atoms with Gasteiger partial charge in [-0.1, -0.05) is 0 Å². The summed E-state index contributed by atoms with van der Waals surface area (Å²) in [5, 5.41) is 9.34. The molecular weight excluding hydrogens is 197 g/mol. The first-order chi connectivity index (χ1) is 5.92. The normalized spacial score (nSPS) is 11.2. The predicted molar refractivity (Wildman–Crippen MR) is 47.1 cm³/mol. The van der Waals surface area contributed by atoms with Crippen LogP contribution in [0.25, 0.3) is 0 Å². The number of rotatable bonds is 6. The molecular formula is C5H14N3O4P. The number of guanidine groups is 1. The maximum Gasteiger partial charge on any atom is 0.469 e. The van der Waals surface area contributed by atoms with Crippen LogP contribution in [-0.4, -0.2) is 28.9 Å². The van der Waals surface area contributed by atoms with Gasteiger partial charge in [0.1, 0.15) is 0 Å². The Bertz CT molecular complexity index is 204. The summed E-state index contributed by atoms with van der Waals surface area (Å²) in [6.45, 7) is 0.504. The number of unbranched alkanes of at least 4 members (excludes halogenated alkanes) is 1. The van der Waals surface area contributed by atoms with Gasteiger partial charge in [0.2, 0.25) is 0 Å². The zero-order chi connectivity index (χ0) is 10.3. The van der Waals surface area contributed by atoms with E-state index >= 15 is 0 Å². The van der Waals surface area contributed by atoms with E-state index in [4.69, 9.17) is 20.9 Å². The fraction of sp³-hybridized carbons (Fsp3) is 0.800. The van der Waals surface area contributed by atoms with Crippen LogP contribution in [0.2, 0.25) is 0 Å². The second-order valence-corrected chi connectivity index (χ2v) is 3.61. The van der Waals surface area contributed by atoms with Crippen LogP contribution < -0.4 is 11.1 Å². The Labute approximate surface area is 76.0 Å². The molecule has 0 rings (SSSR count). The molecule has 0 aliphatic carbocycles. The summed E-state index contributed by atoms with van der Waals surface area (Å²) in [5.74, 6) is -0.115. The number of nitrogens with one attached hydrogen (secondary N) is 2. The van der Waals surface area contributed by atoms with Crippen LogP contribution in [0, 0.1) is 5.41 Å². The molecule has 0 aromatic heterocycles. The zero-order valence-electron chi connectivity index (χ0n) is 7.06. The van der Waals surface area contributed by atoms with E-state index in [-0.39, 0.29) is 12.6 Å². The van der Waals surface area contributed by atoms with Crippen molar-refractivity contribution in [1.82, 2.24) is 5.32 Å². The summed E-state index contributed by atoms with van der Waals surface area (Å²) in [7, 11) is -4.32. The van der Waals surface area contributed by atoms with Gasteiger partial charge in [-0.05, 0) is 12.8 Å². The zero-order valence-corrected chi connectivity index (χ0v) is 7.96. The molecule has 8 heteroatoms. The third-order valence-corrected chi connectivity index (χ3v) is 1.66. The summed E-state index contributed by atoms with van der Waals surface area (Å²) < 4.78 is 14.4. The molecule has 0 saturated heterocycles. The summed E-state index contributed by atoms with van der Waals surface area (Å²) in [5.41, 5.74) is 4.99. The SMILES string of the molecule is N=C(N)NCCCCOP(=O)(O)O. The van der Waals surface area contributed by atoms with Crippen molar-refractivity contribution < 1.29 is 18.9 Å². The van der Waals surface area contributed by atoms with Crippen molar-refractivity contribution in [3.8, 4) is 0 Å². The monoisotopic (exact) mass is 211 g/mol. The smallest absolute Gasteiger partial charge is 0.370 e. The Morgan fingerprint density at radius 2 is 2.15 bits per heavy atom. The van der Waals surface area contributed by atoms with Gasteiger partial charge in [-0.15, -0.1) is 0 Å². The third kappa shape index (κ3) is 11.4. The molecule has 0 heterocycles. The van der Waals surface area contributed by atoms with Crippen LogP contribution in [0.15, 0.2) is 0 Å². The molecule has 78 valence electrons. The Hall–Kier alpha value is -0.620. The molecule has 0 aromatic carbocycles. The predicted octanol–water partition coefficient (Wildman–Crippen LogP) is -0.641. The van der Waals surface area contributed by atoms with Crippen LogP contribution in [0.3, 0.4) is 0 Å². The molecule has 0 aliphatic rings. The molecule has 0 fully saturated rings. The van der Waals surface area contributed by atoms with Crippen molar-refractivity contribution in [1.29, 1.82) is 5.41 Å². The molecule has 0 aliphatic heterocycles. The van der Waals surface area contributed by atoms with Crippen molar-refractivity contribution in [3.05, 3.63) is 0 Å². The Morgan fingerprint density at radius 1 is 1.54 bits per heavy atom. The highest BCUT2D eigenvalue weighted by Gasteiger charge is 2.12. The molecule has 0 amide bonds. The minimum Gasteiger partial charge on any atom is -0.370 e. The van der Waals surface area contributed by atoms with E-state index in [0.29, 0.717) is 19.4 Å². The molecule has 13 heavy (non-hydrogen) atoms. The van der Waals surface area contributed by atoms with Crippen molar-refractivity contribution >= 4 is 13.8 Å². The van der Waals surface area contributed by atoms with E-state index in [1.165, 1.54) is 0 Å². The summed E-state index contributed by atoms with van der Waals surface area (Å²) in [6.07, 6.45) is 1.14. The number of hydrogen-bond acceptors (Lipinski definition) is 3. The lowest BCUT2D eigenvalue weighted by atomic mass is 10.3. The van der Waals surface area contributed by atoms with E-state index in [2.05, 4.69) is 9.84 Å². The van der Waals surface area contributed by atoms with Crippen molar-refractivity contribution in [2.45, 2.75) is 12.8 Å². The highest BCUT2D eigenvalue weighted by atomic mass is 31.2. The van der Waals surface area contributed by atoms with E-state index in [1.54, 1.807) is 0 Å². The fourth-order valence-corrected chi connectivity index (χ4v) is 1.00. The standard InChI is InChI=1S/C5H14N3O4P/c6-5(7)8-3-1-2-4-12-13(9,10)11/h1-4H2,(H4,6,7,8)(H2,9,10,11). The summed E-state index contributed by atoms with van der Waals surface area (Å²) >= 11 is 0. The molecule has 0 atom stereocenters. The molecule has 0 unspecified atom stereocenters. The average Bonchev–Trinajstić information content (AvgIpc) is 1.93. The second kappa shape index (κ2) is 5.93. The maximum atomic E-state index is 10.2. The molecule has 0 spiro atoms. The number of phosphoric ester groups is 1. The molecule has 0 bridgehead atoms. The lowest BCUT2D eigenvalue weighted by Crippen LogP contribution is -2.30. The average molecular weight is 211 g/mol. The molecule has 0 aromatic rings. The quantitative estimate of drug-likeness (QED) is 0.172. The van der Waals surface area contributed by atoms with E-state index in [1.807, 2.05) is 0 Å². The number of nitrogens with two attached hydrogens (primary N) is 1. The van der Waals surface area contributed by atoms with Gasteiger partial charge >= 0.3 is 7.82 Å². The fourth-order valence-electron chi connectivity index (χ4n) is 0.634. The van der Waals surface area contributed by atoms with E-state index in [0.717, 1.165) is 0 Å². The summed E-state index contributed by atoms with van der Waals surface area (Å²) in [4.78, 5) is 16.6. The Balaban J connectivity index is 3.18. The molecule has 0 radical (unpaired) electrons. The number of hydrogen-bond donors (Lipinski definition) is 5. The lowest BCUT2D eigenvalue weighted by Gasteiger charge is -2.05. The molecule has 7 nitrogen and oxygen atoms in total. The highest BCUT2D eigenvalue weighted by Crippen LogP contribution is 2.35. The first-order valence-corrected chi connectivity index (χ1v) is 5.23. The van der Waals surface area contributed by atoms with Gasteiger partial charge in [0.05, 0.1) is 6.61 Å². The lowest BCUT2D eigenvalue weighted by molar-refractivity contribution is 0.194. The van der Waals surface area contributed by atoms with Crippen LogP contribution in [0.4, 0.5) is 0 Å². The third-order valence-electron chi connectivity index (χ3n) is 1.15. The second-order valence-electron chi connectivity index (χ2n) is 2.37. The Morgan fingerprint density at radius 3 is 2.62 bits per heavy atom. The number of phosphoric acid groups is 1. The van der Waals surface area contributed by atoms with Crippen molar-refractivity contribution in [2.75, 3.05) is 13.2 Å². The highest BCUT2D eigenvalue weighted by molar-refractivity contribution is 7.46. The minimum atomic E-state index is -4.32. The van der Waals surface area contributed by atoms with Crippen LogP contribution in [-0.2, 0) is 9.09 Å². The van der Waals surface area contributed by atoms with Gasteiger partial charge in [-0.3, -0.25) is 9.93 Å². The largest absolute Gasteiger partial charge is 0.469 e. The van der Waals surface area contributed by atoms with Gasteiger partial charge in [0.25, 0.3) is 0 Å². The van der Waals surface area contributed by atoms with Crippen molar-refractivity contribution in [3.63, 3.8) is 0 Å². The minimum absolute atomic E-state index is 0.00383.